The van der Waals surface area contributed by atoms with Crippen LogP contribution in [0.4, 0.5) is 5.13 Å². The van der Waals surface area contributed by atoms with Crippen molar-refractivity contribution in [3.63, 3.8) is 0 Å². The van der Waals surface area contributed by atoms with Gasteiger partial charge in [-0.1, -0.05) is 41.9 Å². The fourth-order valence-corrected chi connectivity index (χ4v) is 3.50. The number of fused-ring (bicyclic) bond motifs is 1. The van der Waals surface area contributed by atoms with Crippen LogP contribution < -0.4 is 5.32 Å². The lowest BCUT2D eigenvalue weighted by molar-refractivity contribution is -0.119. The number of carbonyl (C=O) groups excluding carboxylic acids is 2. The highest BCUT2D eigenvalue weighted by Gasteiger charge is 2.15. The predicted molar refractivity (Wildman–Crippen MR) is 111 cm³/mol. The summed E-state index contributed by atoms with van der Waals surface area (Å²) in [4.78, 5) is 36.9. The molecule has 0 fully saturated rings. The van der Waals surface area contributed by atoms with Gasteiger partial charge in [-0.2, -0.15) is 0 Å². The van der Waals surface area contributed by atoms with Crippen LogP contribution in [0.25, 0.3) is 22.3 Å². The summed E-state index contributed by atoms with van der Waals surface area (Å²) in [7, 11) is 0. The third-order valence-electron chi connectivity index (χ3n) is 3.89. The summed E-state index contributed by atoms with van der Waals surface area (Å²) >= 11 is 7.41. The van der Waals surface area contributed by atoms with Gasteiger partial charge in [0.1, 0.15) is 0 Å². The third kappa shape index (κ3) is 4.39. The van der Waals surface area contributed by atoms with Crippen LogP contribution >= 0.6 is 22.9 Å². The van der Waals surface area contributed by atoms with Gasteiger partial charge < -0.3 is 4.74 Å². The van der Waals surface area contributed by atoms with E-state index in [9.17, 15) is 9.59 Å². The van der Waals surface area contributed by atoms with Crippen molar-refractivity contribution in [3.8, 4) is 11.3 Å². The maximum atomic E-state index is 12.1. The molecule has 4 rings (SSSR count). The second kappa shape index (κ2) is 8.34. The normalized spacial score (nSPS) is 10.7. The fourth-order valence-electron chi connectivity index (χ4n) is 2.54. The van der Waals surface area contributed by atoms with Gasteiger partial charge in [0.15, 0.2) is 17.4 Å². The molecule has 0 saturated carbocycles. The number of esters is 1. The summed E-state index contributed by atoms with van der Waals surface area (Å²) in [6.07, 6.45) is 1.32. The first-order chi connectivity index (χ1) is 14.1. The summed E-state index contributed by atoms with van der Waals surface area (Å²) < 4.78 is 5.02. The SMILES string of the molecule is O=C(COC(=O)c1cnc2ccccc2n1)Nc1nc(-c2ccccc2Cl)cs1. The summed E-state index contributed by atoms with van der Waals surface area (Å²) in [6.45, 7) is -0.464. The van der Waals surface area contributed by atoms with Crippen LogP contribution in [0.2, 0.25) is 5.02 Å². The Morgan fingerprint density at radius 3 is 2.62 bits per heavy atom. The maximum Gasteiger partial charge on any atom is 0.359 e. The Hall–Kier alpha value is -3.36. The molecule has 9 heteroatoms. The van der Waals surface area contributed by atoms with Crippen molar-refractivity contribution in [2.24, 2.45) is 0 Å². The van der Waals surface area contributed by atoms with Crippen LogP contribution in [-0.2, 0) is 9.53 Å². The van der Waals surface area contributed by atoms with Gasteiger partial charge in [-0.05, 0) is 18.2 Å². The van der Waals surface area contributed by atoms with Crippen LogP contribution in [0.1, 0.15) is 10.5 Å². The second-order valence-electron chi connectivity index (χ2n) is 5.89. The number of anilines is 1. The standard InChI is InChI=1S/C20H13ClN4O3S/c21-13-6-2-1-5-12(13)17-11-29-20(24-17)25-18(26)10-28-19(27)16-9-22-14-7-3-4-8-15(14)23-16/h1-9,11H,10H2,(H,24,25,26). The maximum absolute atomic E-state index is 12.1. The first-order valence-electron chi connectivity index (χ1n) is 8.49. The van der Waals surface area contributed by atoms with E-state index in [2.05, 4.69) is 20.3 Å². The minimum atomic E-state index is -0.728. The Kier molecular flexibility index (Phi) is 5.46. The molecule has 0 radical (unpaired) electrons. The highest BCUT2D eigenvalue weighted by molar-refractivity contribution is 7.14. The van der Waals surface area contributed by atoms with Crippen molar-refractivity contribution in [3.05, 3.63) is 70.8 Å². The average Bonchev–Trinajstić information content (AvgIpc) is 3.20. The van der Waals surface area contributed by atoms with Gasteiger partial charge >= 0.3 is 5.97 Å². The van der Waals surface area contributed by atoms with Gasteiger partial charge in [0.2, 0.25) is 0 Å². The van der Waals surface area contributed by atoms with Crippen LogP contribution in [0, 0.1) is 0 Å². The number of para-hydroxylation sites is 2. The van der Waals surface area contributed by atoms with Crippen molar-refractivity contribution in [1.29, 1.82) is 0 Å². The Bertz CT molecular complexity index is 1210. The number of amides is 1. The van der Waals surface area contributed by atoms with Crippen LogP contribution in [0.15, 0.2) is 60.1 Å². The number of ether oxygens (including phenoxy) is 1. The molecule has 7 nitrogen and oxygen atoms in total. The molecular formula is C20H13ClN4O3S. The molecule has 1 amide bonds. The van der Waals surface area contributed by atoms with Gasteiger partial charge in [-0.15, -0.1) is 11.3 Å². The van der Waals surface area contributed by atoms with E-state index in [1.807, 2.05) is 24.3 Å². The Balaban J connectivity index is 1.36. The van der Waals surface area contributed by atoms with Gasteiger partial charge in [0.05, 0.1) is 22.9 Å². The molecule has 0 atom stereocenters. The molecule has 144 valence electrons. The third-order valence-corrected chi connectivity index (χ3v) is 4.98. The van der Waals surface area contributed by atoms with Gasteiger partial charge in [-0.25, -0.2) is 14.8 Å². The van der Waals surface area contributed by atoms with Crippen LogP contribution in [0.3, 0.4) is 0 Å². The Morgan fingerprint density at radius 2 is 1.79 bits per heavy atom. The number of halogens is 1. The molecule has 0 spiro atoms. The van der Waals surface area contributed by atoms with E-state index in [0.29, 0.717) is 26.9 Å². The number of thiazole rings is 1. The smallest absolute Gasteiger partial charge is 0.359 e. The lowest BCUT2D eigenvalue weighted by atomic mass is 10.2. The lowest BCUT2D eigenvalue weighted by Crippen LogP contribution is -2.21. The minimum Gasteiger partial charge on any atom is -0.451 e. The number of carbonyl (C=O) groups is 2. The fraction of sp³-hybridized carbons (Fsp3) is 0.0500. The summed E-state index contributed by atoms with van der Waals surface area (Å²) in [5.41, 5.74) is 2.69. The highest BCUT2D eigenvalue weighted by atomic mass is 35.5. The predicted octanol–water partition coefficient (Wildman–Crippen LogP) is 4.20. The molecule has 29 heavy (non-hydrogen) atoms. The molecule has 0 aliphatic carbocycles. The molecule has 2 aromatic carbocycles. The zero-order valence-corrected chi connectivity index (χ0v) is 16.4. The summed E-state index contributed by atoms with van der Waals surface area (Å²) in [5, 5.41) is 5.34. The topological polar surface area (TPSA) is 94.1 Å². The number of hydrogen-bond acceptors (Lipinski definition) is 7. The Morgan fingerprint density at radius 1 is 1.03 bits per heavy atom. The van der Waals surface area contributed by atoms with Gasteiger partial charge in [0.25, 0.3) is 5.91 Å². The van der Waals surface area contributed by atoms with E-state index in [0.717, 1.165) is 5.56 Å². The van der Waals surface area contributed by atoms with Gasteiger partial charge in [-0.3, -0.25) is 15.1 Å². The number of benzene rings is 2. The van der Waals surface area contributed by atoms with E-state index >= 15 is 0 Å². The Labute approximate surface area is 174 Å². The van der Waals surface area contributed by atoms with E-state index < -0.39 is 18.5 Å². The molecule has 2 aromatic heterocycles. The van der Waals surface area contributed by atoms with Crippen molar-refractivity contribution >= 4 is 51.0 Å². The average molecular weight is 425 g/mol. The number of rotatable bonds is 5. The number of hydrogen-bond donors (Lipinski definition) is 1. The monoisotopic (exact) mass is 424 g/mol. The van der Waals surface area contributed by atoms with E-state index in [1.165, 1.54) is 17.5 Å². The van der Waals surface area contributed by atoms with Crippen molar-refractivity contribution < 1.29 is 14.3 Å². The zero-order chi connectivity index (χ0) is 20.2. The molecule has 0 bridgehead atoms. The van der Waals surface area contributed by atoms with Crippen LogP contribution in [-0.4, -0.2) is 33.4 Å². The van der Waals surface area contributed by atoms with Crippen molar-refractivity contribution in [2.75, 3.05) is 11.9 Å². The molecule has 0 unspecified atom stereocenters. The van der Waals surface area contributed by atoms with E-state index in [4.69, 9.17) is 16.3 Å². The number of aromatic nitrogens is 3. The van der Waals surface area contributed by atoms with E-state index in [1.54, 1.807) is 29.6 Å². The molecule has 4 aromatic rings. The van der Waals surface area contributed by atoms with Crippen LogP contribution in [0.5, 0.6) is 0 Å². The minimum absolute atomic E-state index is 0.0340. The summed E-state index contributed by atoms with van der Waals surface area (Å²) in [5.74, 6) is -1.23. The highest BCUT2D eigenvalue weighted by Crippen LogP contribution is 2.30. The molecule has 0 aliphatic heterocycles. The molecule has 2 heterocycles. The first-order valence-corrected chi connectivity index (χ1v) is 9.75. The van der Waals surface area contributed by atoms with Gasteiger partial charge in [0, 0.05) is 16.0 Å². The largest absolute Gasteiger partial charge is 0.451 e. The van der Waals surface area contributed by atoms with E-state index in [-0.39, 0.29) is 5.69 Å². The lowest BCUT2D eigenvalue weighted by Gasteiger charge is -2.05. The zero-order valence-electron chi connectivity index (χ0n) is 14.8. The quantitative estimate of drug-likeness (QED) is 0.482. The molecule has 1 N–H and O–H groups in total. The molecule has 0 saturated heterocycles. The number of nitrogens with zero attached hydrogens (tertiary/aromatic N) is 3. The molecule has 0 aliphatic rings. The molecular weight excluding hydrogens is 412 g/mol. The number of nitrogens with one attached hydrogen (secondary N) is 1. The second-order valence-corrected chi connectivity index (χ2v) is 7.15. The summed E-state index contributed by atoms with van der Waals surface area (Å²) in [6, 6.07) is 14.4. The first kappa shape index (κ1) is 19.0. The van der Waals surface area contributed by atoms with Crippen molar-refractivity contribution in [2.45, 2.75) is 0 Å². The van der Waals surface area contributed by atoms with Crippen molar-refractivity contribution in [1.82, 2.24) is 15.0 Å².